The van der Waals surface area contributed by atoms with Gasteiger partial charge in [0.15, 0.2) is 23.1 Å². The average Bonchev–Trinajstić information content (AvgIpc) is 3.72. The van der Waals surface area contributed by atoms with Crippen LogP contribution >= 0.6 is 0 Å². The molecule has 0 atom stereocenters. The zero-order valence-corrected chi connectivity index (χ0v) is 23.1. The van der Waals surface area contributed by atoms with Gasteiger partial charge in [-0.15, -0.1) is 0 Å². The van der Waals surface area contributed by atoms with E-state index >= 15 is 0 Å². The van der Waals surface area contributed by atoms with Gasteiger partial charge >= 0.3 is 0 Å². The van der Waals surface area contributed by atoms with E-state index in [4.69, 9.17) is 23.5 Å². The minimum absolute atomic E-state index is 0.0274. The molecule has 0 unspecified atom stereocenters. The molecule has 9 aromatic rings. The first-order valence-corrected chi connectivity index (χ1v) is 14.1. The van der Waals surface area contributed by atoms with Crippen molar-refractivity contribution < 1.29 is 12.6 Å². The van der Waals surface area contributed by atoms with Crippen LogP contribution in [0, 0.1) is 0 Å². The minimum atomic E-state index is -0.351. The normalized spacial score (nSPS) is 13.5. The highest BCUT2D eigenvalue weighted by Crippen LogP contribution is 2.39. The number of furan rings is 1. The van der Waals surface area contributed by atoms with Crippen LogP contribution in [0.15, 0.2) is 150 Å². The van der Waals surface area contributed by atoms with Gasteiger partial charge in [0.1, 0.15) is 5.58 Å². The first-order valence-electron chi connectivity index (χ1n) is 17.1. The van der Waals surface area contributed by atoms with Crippen molar-refractivity contribution in [1.29, 1.82) is 0 Å². The van der Waals surface area contributed by atoms with Crippen molar-refractivity contribution in [2.45, 2.75) is 0 Å². The Bertz CT molecular complexity index is 2720. The predicted molar refractivity (Wildman–Crippen MR) is 178 cm³/mol. The molecular formula is C39H24N4O. The number of nitrogens with zero attached hydrogens (tertiary/aromatic N) is 4. The first kappa shape index (κ1) is 19.2. The molecule has 3 heterocycles. The van der Waals surface area contributed by atoms with Crippen LogP contribution in [0.2, 0.25) is 0 Å². The molecule has 0 amide bonds. The largest absolute Gasteiger partial charge is 0.454 e. The molecule has 0 aliphatic carbocycles. The van der Waals surface area contributed by atoms with Crippen molar-refractivity contribution in [3.05, 3.63) is 145 Å². The van der Waals surface area contributed by atoms with Crippen LogP contribution in [0.3, 0.4) is 0 Å². The summed E-state index contributed by atoms with van der Waals surface area (Å²) in [7, 11) is 0. The summed E-state index contributed by atoms with van der Waals surface area (Å²) in [6.07, 6.45) is 0. The van der Waals surface area contributed by atoms with Gasteiger partial charge in [0.05, 0.1) is 24.9 Å². The van der Waals surface area contributed by atoms with Crippen LogP contribution < -0.4 is 0 Å². The number of hydrogen-bond donors (Lipinski definition) is 0. The van der Waals surface area contributed by atoms with Gasteiger partial charge in [0, 0.05) is 38.2 Å². The third-order valence-electron chi connectivity index (χ3n) is 7.77. The van der Waals surface area contributed by atoms with Crippen molar-refractivity contribution in [1.82, 2.24) is 19.5 Å². The van der Waals surface area contributed by atoms with Crippen LogP contribution in [0.25, 0.3) is 83.6 Å². The molecule has 5 nitrogen and oxygen atoms in total. The van der Waals surface area contributed by atoms with Crippen molar-refractivity contribution in [2.75, 3.05) is 0 Å². The molecule has 0 radical (unpaired) electrons. The maximum atomic E-state index is 9.42. The fraction of sp³-hybridized carbons (Fsp3) is 0. The number of fused-ring (bicyclic) bond motifs is 6. The van der Waals surface area contributed by atoms with Gasteiger partial charge in [-0.3, -0.25) is 0 Å². The second-order valence-corrected chi connectivity index (χ2v) is 10.4. The van der Waals surface area contributed by atoms with Crippen molar-refractivity contribution in [3.8, 4) is 39.9 Å². The lowest BCUT2D eigenvalue weighted by Crippen LogP contribution is -2.00. The van der Waals surface area contributed by atoms with E-state index in [9.17, 15) is 4.11 Å². The summed E-state index contributed by atoms with van der Waals surface area (Å²) in [5, 5.41) is 2.02. The van der Waals surface area contributed by atoms with E-state index < -0.39 is 0 Å². The molecule has 0 N–H and O–H groups in total. The molecule has 0 saturated carbocycles. The summed E-state index contributed by atoms with van der Waals surface area (Å²) in [6, 6.07) is 32.4. The first-order chi connectivity index (χ1) is 24.3. The Hall–Kier alpha value is -6.07. The monoisotopic (exact) mass is 570 g/mol. The van der Waals surface area contributed by atoms with Crippen molar-refractivity contribution in [2.24, 2.45) is 0 Å². The highest BCUT2D eigenvalue weighted by atomic mass is 16.3. The fourth-order valence-electron chi connectivity index (χ4n) is 5.76. The van der Waals surface area contributed by atoms with Gasteiger partial charge in [-0.25, -0.2) is 15.0 Å². The van der Waals surface area contributed by atoms with Gasteiger partial charge in [-0.05, 0) is 30.3 Å². The molecule has 44 heavy (non-hydrogen) atoms. The fourth-order valence-corrected chi connectivity index (χ4v) is 5.76. The molecule has 9 rings (SSSR count). The Balaban J connectivity index is 1.38. The SMILES string of the molecule is [2H]c1c([2H])c([2H])c2c(oc3c([2H])c(-c4nc(-c5ccccc5)nc(-c5ccccc5)n4)c([2H])c([2H])c32)c1-n1c2ccccc2c2ccccc21. The van der Waals surface area contributed by atoms with Crippen LogP contribution in [0.4, 0.5) is 0 Å². The second-order valence-electron chi connectivity index (χ2n) is 10.4. The van der Waals surface area contributed by atoms with E-state index in [-0.39, 0.29) is 75.3 Å². The predicted octanol–water partition coefficient (Wildman–Crippen LogP) is 9.87. The molecule has 0 aliphatic heterocycles. The van der Waals surface area contributed by atoms with E-state index in [1.807, 2.05) is 114 Å². The minimum Gasteiger partial charge on any atom is -0.454 e. The number of hydrogen-bond acceptors (Lipinski definition) is 4. The Kier molecular flexibility index (Phi) is 4.25. The number of rotatable bonds is 4. The van der Waals surface area contributed by atoms with Gasteiger partial charge in [-0.1, -0.05) is 115 Å². The third kappa shape index (κ3) is 3.83. The molecule has 0 spiro atoms. The van der Waals surface area contributed by atoms with Crippen molar-refractivity contribution in [3.63, 3.8) is 0 Å². The summed E-state index contributed by atoms with van der Waals surface area (Å²) in [5.41, 5.74) is 3.19. The molecule has 0 aliphatic rings. The third-order valence-corrected chi connectivity index (χ3v) is 7.77. The molecular weight excluding hydrogens is 540 g/mol. The van der Waals surface area contributed by atoms with Gasteiger partial charge in [0.25, 0.3) is 0 Å². The van der Waals surface area contributed by atoms with Gasteiger partial charge < -0.3 is 8.98 Å². The second kappa shape index (κ2) is 9.75. The molecule has 0 fully saturated rings. The summed E-state index contributed by atoms with van der Waals surface area (Å²) < 4.78 is 63.1. The molecule has 5 heteroatoms. The van der Waals surface area contributed by atoms with Crippen molar-refractivity contribution >= 4 is 43.7 Å². The quantitative estimate of drug-likeness (QED) is 0.211. The van der Waals surface area contributed by atoms with Gasteiger partial charge in [0.2, 0.25) is 0 Å². The number of para-hydroxylation sites is 3. The average molecular weight is 571 g/mol. The lowest BCUT2D eigenvalue weighted by Gasteiger charge is -2.08. The number of aromatic nitrogens is 4. The maximum Gasteiger partial charge on any atom is 0.164 e. The summed E-state index contributed by atoms with van der Waals surface area (Å²) in [5.74, 6) is 0.702. The standard InChI is InChI=1S/C39H24N4O/c1-3-12-25(13-4-1)37-40-38(26-14-5-2-6-15-26)42-39(41-37)27-22-23-30-31-18-11-21-34(36(31)44-35(30)24-27)43-32-19-9-7-16-28(32)29-17-8-10-20-33(29)43/h1-24H/i11D,18D,21D,22D,23D,24D. The van der Waals surface area contributed by atoms with E-state index in [1.54, 1.807) is 0 Å². The van der Waals surface area contributed by atoms with E-state index in [0.29, 0.717) is 22.8 Å². The molecule has 206 valence electrons. The maximum absolute atomic E-state index is 9.42. The highest BCUT2D eigenvalue weighted by Gasteiger charge is 2.18. The Morgan fingerprint density at radius 2 is 1.05 bits per heavy atom. The lowest BCUT2D eigenvalue weighted by molar-refractivity contribution is 0.666. The molecule has 0 saturated heterocycles. The smallest absolute Gasteiger partial charge is 0.164 e. The zero-order valence-electron chi connectivity index (χ0n) is 29.1. The molecule has 3 aromatic heterocycles. The van der Waals surface area contributed by atoms with E-state index in [0.717, 1.165) is 21.8 Å². The van der Waals surface area contributed by atoms with Gasteiger partial charge in [-0.2, -0.15) is 0 Å². The number of benzene rings is 6. The lowest BCUT2D eigenvalue weighted by atomic mass is 10.1. The van der Waals surface area contributed by atoms with Crippen LogP contribution in [-0.4, -0.2) is 19.5 Å². The summed E-state index contributed by atoms with van der Waals surface area (Å²) >= 11 is 0. The summed E-state index contributed by atoms with van der Waals surface area (Å²) in [6.45, 7) is 0. The van der Waals surface area contributed by atoms with Crippen LogP contribution in [0.1, 0.15) is 8.22 Å². The Morgan fingerprint density at radius 3 is 1.66 bits per heavy atom. The highest BCUT2D eigenvalue weighted by molar-refractivity contribution is 6.12. The van der Waals surface area contributed by atoms with Crippen LogP contribution in [-0.2, 0) is 0 Å². The van der Waals surface area contributed by atoms with E-state index in [1.165, 1.54) is 0 Å². The Morgan fingerprint density at radius 1 is 0.500 bits per heavy atom. The Labute approximate surface area is 261 Å². The van der Waals surface area contributed by atoms with E-state index in [2.05, 4.69) is 0 Å². The molecule has 0 bridgehead atoms. The zero-order chi connectivity index (χ0) is 34.3. The van der Waals surface area contributed by atoms with Crippen LogP contribution in [0.5, 0.6) is 0 Å². The molecule has 6 aromatic carbocycles. The topological polar surface area (TPSA) is 56.7 Å². The summed E-state index contributed by atoms with van der Waals surface area (Å²) in [4.78, 5) is 14.1.